The Labute approximate surface area is 172 Å². The SMILES string of the molecule is Nc1ccc(-c2ccc3ncn(CCc4cc5ccccc5[nH]4)c(=O)c3c2)cc1N. The summed E-state index contributed by atoms with van der Waals surface area (Å²) >= 11 is 0. The Kier molecular flexibility index (Phi) is 4.25. The van der Waals surface area contributed by atoms with Crippen molar-refractivity contribution in [2.45, 2.75) is 13.0 Å². The highest BCUT2D eigenvalue weighted by Crippen LogP contribution is 2.26. The third kappa shape index (κ3) is 3.18. The average Bonchev–Trinajstić information content (AvgIpc) is 3.18. The minimum atomic E-state index is -0.0543. The number of nitrogens with two attached hydrogens (primary N) is 2. The molecule has 3 aromatic carbocycles. The van der Waals surface area contributed by atoms with Crippen LogP contribution in [0.15, 0.2) is 77.9 Å². The fourth-order valence-electron chi connectivity index (χ4n) is 3.76. The number of benzene rings is 3. The zero-order valence-corrected chi connectivity index (χ0v) is 16.3. The predicted octanol–water partition coefficient (Wildman–Crippen LogP) is 3.95. The number of H-pyrrole nitrogens is 1. The third-order valence-corrected chi connectivity index (χ3v) is 5.45. The molecule has 5 N–H and O–H groups in total. The predicted molar refractivity (Wildman–Crippen MR) is 122 cm³/mol. The van der Waals surface area contributed by atoms with Gasteiger partial charge in [-0.2, -0.15) is 0 Å². The molecule has 0 saturated heterocycles. The first-order chi connectivity index (χ1) is 14.6. The van der Waals surface area contributed by atoms with Crippen LogP contribution >= 0.6 is 0 Å². The first kappa shape index (κ1) is 18.0. The standard InChI is InChI=1S/C24H21N5O/c25-20-7-5-16(13-21(20)26)15-6-8-23-19(12-15)24(30)29(14-27-23)10-9-18-11-17-3-1-2-4-22(17)28-18/h1-8,11-14,28H,9-10,25-26H2. The fraction of sp³-hybridized carbons (Fsp3) is 0.0833. The van der Waals surface area contributed by atoms with Crippen molar-refractivity contribution in [3.05, 3.63) is 89.1 Å². The molecule has 0 atom stereocenters. The maximum absolute atomic E-state index is 13.1. The van der Waals surface area contributed by atoms with E-state index < -0.39 is 0 Å². The normalized spacial score (nSPS) is 11.3. The van der Waals surface area contributed by atoms with Gasteiger partial charge < -0.3 is 16.5 Å². The van der Waals surface area contributed by atoms with Gasteiger partial charge in [0.2, 0.25) is 0 Å². The van der Waals surface area contributed by atoms with E-state index in [0.29, 0.717) is 28.8 Å². The Morgan fingerprint density at radius 1 is 0.900 bits per heavy atom. The van der Waals surface area contributed by atoms with Gasteiger partial charge in [-0.25, -0.2) is 4.98 Å². The van der Waals surface area contributed by atoms with Crippen molar-refractivity contribution in [2.24, 2.45) is 0 Å². The molecule has 0 aliphatic heterocycles. The van der Waals surface area contributed by atoms with Gasteiger partial charge >= 0.3 is 0 Å². The molecule has 5 aromatic rings. The average molecular weight is 395 g/mol. The highest BCUT2D eigenvalue weighted by atomic mass is 16.1. The summed E-state index contributed by atoms with van der Waals surface area (Å²) < 4.78 is 1.66. The number of nitrogen functional groups attached to an aromatic ring is 2. The lowest BCUT2D eigenvalue weighted by Gasteiger charge is -2.09. The van der Waals surface area contributed by atoms with E-state index in [9.17, 15) is 4.79 Å². The van der Waals surface area contributed by atoms with Gasteiger partial charge in [-0.3, -0.25) is 9.36 Å². The van der Waals surface area contributed by atoms with E-state index in [1.54, 1.807) is 17.0 Å². The summed E-state index contributed by atoms with van der Waals surface area (Å²) in [5, 5.41) is 1.76. The first-order valence-corrected chi connectivity index (χ1v) is 9.80. The summed E-state index contributed by atoms with van der Waals surface area (Å²) in [7, 11) is 0. The zero-order chi connectivity index (χ0) is 20.7. The number of anilines is 2. The lowest BCUT2D eigenvalue weighted by atomic mass is 10.0. The second-order valence-electron chi connectivity index (χ2n) is 7.45. The summed E-state index contributed by atoms with van der Waals surface area (Å²) in [5.41, 5.74) is 17.5. The molecule has 0 radical (unpaired) electrons. The zero-order valence-electron chi connectivity index (χ0n) is 16.3. The largest absolute Gasteiger partial charge is 0.397 e. The number of nitrogens with one attached hydrogen (secondary N) is 1. The number of aromatic nitrogens is 3. The summed E-state index contributed by atoms with van der Waals surface area (Å²) in [6.07, 6.45) is 2.34. The summed E-state index contributed by atoms with van der Waals surface area (Å²) in [4.78, 5) is 21.0. The van der Waals surface area contributed by atoms with E-state index >= 15 is 0 Å². The second-order valence-corrected chi connectivity index (χ2v) is 7.45. The number of hydrogen-bond donors (Lipinski definition) is 3. The molecule has 6 heteroatoms. The van der Waals surface area contributed by atoms with Crippen molar-refractivity contribution in [3.63, 3.8) is 0 Å². The second kappa shape index (κ2) is 7.08. The Balaban J connectivity index is 1.47. The minimum absolute atomic E-state index is 0.0543. The first-order valence-electron chi connectivity index (χ1n) is 9.80. The number of para-hydroxylation sites is 1. The molecule has 0 bridgehead atoms. The number of hydrogen-bond acceptors (Lipinski definition) is 4. The molecule has 0 fully saturated rings. The van der Waals surface area contributed by atoms with Crippen molar-refractivity contribution in [1.29, 1.82) is 0 Å². The van der Waals surface area contributed by atoms with Crippen LogP contribution in [0.2, 0.25) is 0 Å². The molecule has 0 amide bonds. The van der Waals surface area contributed by atoms with Crippen LogP contribution in [0.4, 0.5) is 11.4 Å². The van der Waals surface area contributed by atoms with Crippen LogP contribution in [0.5, 0.6) is 0 Å². The van der Waals surface area contributed by atoms with Crippen LogP contribution in [0, 0.1) is 0 Å². The van der Waals surface area contributed by atoms with Crippen molar-refractivity contribution in [2.75, 3.05) is 11.5 Å². The van der Waals surface area contributed by atoms with E-state index in [4.69, 9.17) is 11.5 Å². The molecule has 6 nitrogen and oxygen atoms in total. The molecule has 0 aliphatic carbocycles. The van der Waals surface area contributed by atoms with Crippen LogP contribution in [0.1, 0.15) is 5.69 Å². The molecule has 0 spiro atoms. The van der Waals surface area contributed by atoms with Crippen LogP contribution in [0.3, 0.4) is 0 Å². The highest BCUT2D eigenvalue weighted by Gasteiger charge is 2.08. The van der Waals surface area contributed by atoms with Gasteiger partial charge in [-0.15, -0.1) is 0 Å². The van der Waals surface area contributed by atoms with Gasteiger partial charge in [0.05, 0.1) is 28.6 Å². The van der Waals surface area contributed by atoms with E-state index in [1.165, 1.54) is 5.39 Å². The molecule has 0 unspecified atom stereocenters. The molecular formula is C24H21N5O. The Hall–Kier alpha value is -4.06. The molecular weight excluding hydrogens is 374 g/mol. The molecule has 30 heavy (non-hydrogen) atoms. The molecule has 0 aliphatic rings. The van der Waals surface area contributed by atoms with Gasteiger partial charge in [-0.1, -0.05) is 30.3 Å². The maximum atomic E-state index is 13.1. The number of aryl methyl sites for hydroxylation is 2. The number of nitrogens with zero attached hydrogens (tertiary/aromatic N) is 2. The van der Waals surface area contributed by atoms with E-state index in [2.05, 4.69) is 22.1 Å². The molecule has 148 valence electrons. The van der Waals surface area contributed by atoms with Crippen molar-refractivity contribution >= 4 is 33.2 Å². The minimum Gasteiger partial charge on any atom is -0.397 e. The quantitative estimate of drug-likeness (QED) is 0.401. The van der Waals surface area contributed by atoms with E-state index in [1.807, 2.05) is 48.5 Å². The van der Waals surface area contributed by atoms with E-state index in [-0.39, 0.29) is 5.56 Å². The lowest BCUT2D eigenvalue weighted by molar-refractivity contribution is 0.656. The summed E-state index contributed by atoms with van der Waals surface area (Å²) in [6.45, 7) is 0.549. The molecule has 5 rings (SSSR count). The lowest BCUT2D eigenvalue weighted by Crippen LogP contribution is -2.21. The smallest absolute Gasteiger partial charge is 0.261 e. The maximum Gasteiger partial charge on any atom is 0.261 e. The summed E-state index contributed by atoms with van der Waals surface area (Å²) in [5.74, 6) is 0. The Bertz CT molecular complexity index is 1410. The molecule has 2 aromatic heterocycles. The van der Waals surface area contributed by atoms with Crippen LogP contribution in [-0.2, 0) is 13.0 Å². The van der Waals surface area contributed by atoms with Crippen LogP contribution in [-0.4, -0.2) is 14.5 Å². The third-order valence-electron chi connectivity index (χ3n) is 5.45. The van der Waals surface area contributed by atoms with Gasteiger partial charge in [0.15, 0.2) is 0 Å². The van der Waals surface area contributed by atoms with Gasteiger partial charge in [0.1, 0.15) is 0 Å². The van der Waals surface area contributed by atoms with Crippen LogP contribution in [0.25, 0.3) is 32.9 Å². The Morgan fingerprint density at radius 3 is 2.53 bits per heavy atom. The summed E-state index contributed by atoms with van der Waals surface area (Å²) in [6, 6.07) is 21.4. The number of fused-ring (bicyclic) bond motifs is 2. The van der Waals surface area contributed by atoms with E-state index in [0.717, 1.165) is 28.8 Å². The van der Waals surface area contributed by atoms with Crippen molar-refractivity contribution in [1.82, 2.24) is 14.5 Å². The van der Waals surface area contributed by atoms with Gasteiger partial charge in [-0.05, 0) is 52.9 Å². The van der Waals surface area contributed by atoms with Gasteiger partial charge in [0, 0.05) is 24.2 Å². The highest BCUT2D eigenvalue weighted by molar-refractivity contribution is 5.85. The Morgan fingerprint density at radius 2 is 1.70 bits per heavy atom. The van der Waals surface area contributed by atoms with Gasteiger partial charge in [0.25, 0.3) is 5.56 Å². The van der Waals surface area contributed by atoms with Crippen molar-refractivity contribution in [3.8, 4) is 11.1 Å². The number of aromatic amines is 1. The fourth-order valence-corrected chi connectivity index (χ4v) is 3.76. The topological polar surface area (TPSA) is 103 Å². The molecule has 2 heterocycles. The monoisotopic (exact) mass is 395 g/mol. The van der Waals surface area contributed by atoms with Crippen molar-refractivity contribution < 1.29 is 0 Å². The molecule has 0 saturated carbocycles. The number of rotatable bonds is 4. The van der Waals surface area contributed by atoms with Crippen LogP contribution < -0.4 is 17.0 Å².